The van der Waals surface area contributed by atoms with Gasteiger partial charge in [-0.15, -0.1) is 0 Å². The molecule has 0 aromatic heterocycles. The number of likely N-dealkylation sites (tertiary alicyclic amines) is 1. The summed E-state index contributed by atoms with van der Waals surface area (Å²) in [5.74, 6) is 0.147. The molecule has 0 amide bonds. The average molecular weight is 312 g/mol. The van der Waals surface area contributed by atoms with Crippen molar-refractivity contribution in [2.24, 2.45) is 5.73 Å². The summed E-state index contributed by atoms with van der Waals surface area (Å²) >= 11 is 4.89. The number of nitrogens with zero attached hydrogens (tertiary/aromatic N) is 1. The van der Waals surface area contributed by atoms with Gasteiger partial charge < -0.3 is 10.6 Å². The Morgan fingerprint density at radius 3 is 2.60 bits per heavy atom. The third kappa shape index (κ3) is 4.01. The molecule has 1 aliphatic rings. The van der Waals surface area contributed by atoms with Crippen LogP contribution in [0.2, 0.25) is 0 Å². The minimum Gasteiger partial charge on any atom is -0.389 e. The standard InChI is InChI=1S/C14H20N2O2S2/c15-14(19)12-5-4-6-13(11-12)20(17,18)10-9-16-7-2-1-3-8-16/h4-6,11H,1-3,7-10H2,(H2,15,19). The van der Waals surface area contributed by atoms with E-state index in [-0.39, 0.29) is 10.7 Å². The van der Waals surface area contributed by atoms with Gasteiger partial charge in [0, 0.05) is 12.1 Å². The lowest BCUT2D eigenvalue weighted by atomic mass is 10.1. The van der Waals surface area contributed by atoms with E-state index in [1.54, 1.807) is 24.3 Å². The Morgan fingerprint density at radius 2 is 1.95 bits per heavy atom. The summed E-state index contributed by atoms with van der Waals surface area (Å²) in [5, 5.41) is 0. The number of rotatable bonds is 5. The Balaban J connectivity index is 2.05. The second-order valence-electron chi connectivity index (χ2n) is 5.11. The first kappa shape index (κ1) is 15.4. The van der Waals surface area contributed by atoms with Crippen molar-refractivity contribution in [2.75, 3.05) is 25.4 Å². The van der Waals surface area contributed by atoms with Crippen molar-refractivity contribution in [1.82, 2.24) is 4.90 Å². The van der Waals surface area contributed by atoms with Crippen LogP contribution >= 0.6 is 12.2 Å². The molecule has 2 N–H and O–H groups in total. The zero-order chi connectivity index (χ0) is 14.6. The highest BCUT2D eigenvalue weighted by molar-refractivity contribution is 7.91. The zero-order valence-corrected chi connectivity index (χ0v) is 13.0. The molecule has 0 aliphatic carbocycles. The second-order valence-corrected chi connectivity index (χ2v) is 7.66. The summed E-state index contributed by atoms with van der Waals surface area (Å²) in [6.45, 7) is 2.60. The van der Waals surface area contributed by atoms with Gasteiger partial charge in [0.15, 0.2) is 9.84 Å². The van der Waals surface area contributed by atoms with E-state index >= 15 is 0 Å². The smallest absolute Gasteiger partial charge is 0.179 e. The molecule has 4 nitrogen and oxygen atoms in total. The van der Waals surface area contributed by atoms with Crippen molar-refractivity contribution >= 4 is 27.0 Å². The van der Waals surface area contributed by atoms with E-state index in [4.69, 9.17) is 18.0 Å². The molecule has 0 saturated carbocycles. The van der Waals surface area contributed by atoms with Gasteiger partial charge >= 0.3 is 0 Å². The molecule has 1 heterocycles. The van der Waals surface area contributed by atoms with Crippen molar-refractivity contribution in [3.8, 4) is 0 Å². The third-order valence-electron chi connectivity index (χ3n) is 3.60. The maximum absolute atomic E-state index is 12.3. The van der Waals surface area contributed by atoms with Crippen molar-refractivity contribution in [1.29, 1.82) is 0 Å². The van der Waals surface area contributed by atoms with Crippen LogP contribution in [0.4, 0.5) is 0 Å². The molecule has 2 rings (SSSR count). The van der Waals surface area contributed by atoms with Gasteiger partial charge in [0.1, 0.15) is 4.99 Å². The van der Waals surface area contributed by atoms with Crippen LogP contribution in [0.15, 0.2) is 29.2 Å². The fourth-order valence-corrected chi connectivity index (χ4v) is 3.85. The van der Waals surface area contributed by atoms with Crippen LogP contribution in [0.1, 0.15) is 24.8 Å². The van der Waals surface area contributed by atoms with Crippen LogP contribution in [0, 0.1) is 0 Å². The predicted octanol–water partition coefficient (Wildman–Crippen LogP) is 1.58. The molecule has 0 unspecified atom stereocenters. The van der Waals surface area contributed by atoms with Gasteiger partial charge in [0.2, 0.25) is 0 Å². The largest absolute Gasteiger partial charge is 0.389 e. The quantitative estimate of drug-likeness (QED) is 0.836. The van der Waals surface area contributed by atoms with E-state index in [9.17, 15) is 8.42 Å². The monoisotopic (exact) mass is 312 g/mol. The zero-order valence-electron chi connectivity index (χ0n) is 11.4. The second kappa shape index (κ2) is 6.65. The highest BCUT2D eigenvalue weighted by atomic mass is 32.2. The van der Waals surface area contributed by atoms with E-state index in [1.807, 2.05) is 0 Å². The van der Waals surface area contributed by atoms with Gasteiger partial charge in [-0.3, -0.25) is 0 Å². The first-order valence-corrected chi connectivity index (χ1v) is 8.90. The Labute approximate surface area is 125 Å². The number of hydrogen-bond donors (Lipinski definition) is 1. The van der Waals surface area contributed by atoms with Gasteiger partial charge in [-0.1, -0.05) is 30.8 Å². The van der Waals surface area contributed by atoms with E-state index in [1.165, 1.54) is 6.42 Å². The summed E-state index contributed by atoms with van der Waals surface area (Å²) in [4.78, 5) is 2.75. The maximum Gasteiger partial charge on any atom is 0.179 e. The molecule has 20 heavy (non-hydrogen) atoms. The maximum atomic E-state index is 12.3. The fourth-order valence-electron chi connectivity index (χ4n) is 2.39. The fraction of sp³-hybridized carbons (Fsp3) is 0.500. The number of nitrogens with two attached hydrogens (primary N) is 1. The summed E-state index contributed by atoms with van der Waals surface area (Å²) in [6, 6.07) is 6.58. The third-order valence-corrected chi connectivity index (χ3v) is 5.53. The number of benzene rings is 1. The molecule has 0 radical (unpaired) electrons. The topological polar surface area (TPSA) is 63.4 Å². The van der Waals surface area contributed by atoms with Crippen LogP contribution in [0.5, 0.6) is 0 Å². The molecule has 1 saturated heterocycles. The lowest BCUT2D eigenvalue weighted by molar-refractivity contribution is 0.241. The number of thiocarbonyl (C=S) groups is 1. The SMILES string of the molecule is NC(=S)c1cccc(S(=O)(=O)CCN2CCCCC2)c1. The number of piperidine rings is 1. The van der Waals surface area contributed by atoms with E-state index < -0.39 is 9.84 Å². The summed E-state index contributed by atoms with van der Waals surface area (Å²) in [6.07, 6.45) is 3.58. The Bertz CT molecular complexity index is 579. The van der Waals surface area contributed by atoms with Crippen molar-refractivity contribution in [3.05, 3.63) is 29.8 Å². The molecule has 110 valence electrons. The number of hydrogen-bond acceptors (Lipinski definition) is 4. The molecule has 1 aliphatic heterocycles. The first-order chi connectivity index (χ1) is 9.49. The summed E-state index contributed by atoms with van der Waals surface area (Å²) < 4.78 is 24.7. The first-order valence-electron chi connectivity index (χ1n) is 6.84. The minimum atomic E-state index is -3.27. The van der Waals surface area contributed by atoms with Crippen molar-refractivity contribution in [2.45, 2.75) is 24.2 Å². The summed E-state index contributed by atoms with van der Waals surface area (Å²) in [7, 11) is -3.27. The van der Waals surface area contributed by atoms with Crippen LogP contribution in [-0.4, -0.2) is 43.7 Å². The normalized spacial score (nSPS) is 17.0. The minimum absolute atomic E-state index is 0.147. The van der Waals surface area contributed by atoms with Gasteiger partial charge in [-0.2, -0.15) is 0 Å². The van der Waals surface area contributed by atoms with Crippen LogP contribution in [0.25, 0.3) is 0 Å². The molecular formula is C14H20N2O2S2. The molecular weight excluding hydrogens is 292 g/mol. The van der Waals surface area contributed by atoms with Crippen molar-refractivity contribution < 1.29 is 8.42 Å². The highest BCUT2D eigenvalue weighted by Crippen LogP contribution is 2.15. The van der Waals surface area contributed by atoms with Crippen LogP contribution < -0.4 is 5.73 Å². The lowest BCUT2D eigenvalue weighted by Gasteiger charge is -2.26. The number of sulfone groups is 1. The average Bonchev–Trinajstić information content (AvgIpc) is 2.46. The van der Waals surface area contributed by atoms with Crippen LogP contribution in [-0.2, 0) is 9.84 Å². The Hall–Kier alpha value is -0.980. The Kier molecular flexibility index (Phi) is 5.12. The molecule has 0 bridgehead atoms. The summed E-state index contributed by atoms with van der Waals surface area (Å²) in [5.41, 5.74) is 6.14. The molecule has 6 heteroatoms. The van der Waals surface area contributed by atoms with Gasteiger partial charge in [0.05, 0.1) is 10.6 Å². The molecule has 1 aromatic rings. The van der Waals surface area contributed by atoms with Gasteiger partial charge in [-0.05, 0) is 38.1 Å². The molecule has 0 spiro atoms. The van der Waals surface area contributed by atoms with Gasteiger partial charge in [-0.25, -0.2) is 8.42 Å². The van der Waals surface area contributed by atoms with E-state index in [2.05, 4.69) is 4.90 Å². The van der Waals surface area contributed by atoms with Gasteiger partial charge in [0.25, 0.3) is 0 Å². The molecule has 0 atom stereocenters. The van der Waals surface area contributed by atoms with Crippen LogP contribution in [0.3, 0.4) is 0 Å². The van der Waals surface area contributed by atoms with E-state index in [0.717, 1.165) is 25.9 Å². The van der Waals surface area contributed by atoms with E-state index in [0.29, 0.717) is 17.0 Å². The lowest BCUT2D eigenvalue weighted by Crippen LogP contribution is -2.34. The highest BCUT2D eigenvalue weighted by Gasteiger charge is 2.18. The molecule has 1 aromatic carbocycles. The molecule has 1 fully saturated rings. The predicted molar refractivity (Wildman–Crippen MR) is 84.7 cm³/mol. The van der Waals surface area contributed by atoms with Crippen molar-refractivity contribution in [3.63, 3.8) is 0 Å². The Morgan fingerprint density at radius 1 is 1.25 bits per heavy atom.